The molecule has 1 heterocycles. The summed E-state index contributed by atoms with van der Waals surface area (Å²) in [7, 11) is 0. The number of hydrogen-bond donors (Lipinski definition) is 2. The molecule has 1 unspecified atom stereocenters. The van der Waals surface area contributed by atoms with E-state index in [0.29, 0.717) is 11.3 Å². The van der Waals surface area contributed by atoms with E-state index in [9.17, 15) is 26.3 Å². The summed E-state index contributed by atoms with van der Waals surface area (Å²) in [6.45, 7) is -0.771. The van der Waals surface area contributed by atoms with Gasteiger partial charge in [0, 0.05) is 24.8 Å². The lowest BCUT2D eigenvalue weighted by molar-refractivity contribution is -0.201. The molecule has 0 aliphatic heterocycles. The zero-order valence-corrected chi connectivity index (χ0v) is 12.6. The number of halogens is 6. The van der Waals surface area contributed by atoms with Crippen LogP contribution in [0.3, 0.4) is 0 Å². The van der Waals surface area contributed by atoms with Crippen molar-refractivity contribution in [3.05, 3.63) is 47.8 Å². The number of rotatable bonds is 5. The highest BCUT2D eigenvalue weighted by molar-refractivity contribution is 5.55. The zero-order chi connectivity index (χ0) is 18.7. The summed E-state index contributed by atoms with van der Waals surface area (Å²) < 4.78 is 74.1. The number of nitrogens with zero attached hydrogens (tertiary/aromatic N) is 2. The fourth-order valence-corrected chi connectivity index (χ4v) is 1.89. The number of aromatic nitrogens is 2. The average Bonchev–Trinajstić information content (AvgIpc) is 2.53. The molecule has 0 radical (unpaired) electrons. The van der Waals surface area contributed by atoms with Crippen LogP contribution in [0.15, 0.2) is 36.5 Å². The van der Waals surface area contributed by atoms with Crippen LogP contribution in [0, 0.1) is 0 Å². The first-order valence-corrected chi connectivity index (χ1v) is 7.02. The van der Waals surface area contributed by atoms with Crippen molar-refractivity contribution in [1.29, 1.82) is 0 Å². The molecule has 1 aromatic heterocycles. The third-order valence-electron chi connectivity index (χ3n) is 3.21. The topological polar surface area (TPSA) is 58.0 Å². The van der Waals surface area contributed by atoms with Crippen molar-refractivity contribution in [2.24, 2.45) is 0 Å². The smallest absolute Gasteiger partial charge is 0.382 e. The van der Waals surface area contributed by atoms with Crippen LogP contribution in [-0.4, -0.2) is 33.9 Å². The van der Waals surface area contributed by atoms with Crippen LogP contribution in [0.1, 0.15) is 11.3 Å². The van der Waals surface area contributed by atoms with Crippen LogP contribution >= 0.6 is 0 Å². The number of hydrogen-bond acceptors (Lipinski definition) is 4. The molecule has 0 aliphatic carbocycles. The zero-order valence-electron chi connectivity index (χ0n) is 12.6. The Bertz CT molecular complexity index is 700. The van der Waals surface area contributed by atoms with Gasteiger partial charge in [-0.1, -0.05) is 12.1 Å². The SMILES string of the molecule is OC(CNCc1ccnc(-c2ccc(C(F)(F)F)cc2)n1)C(F)(F)F. The van der Waals surface area contributed by atoms with Gasteiger partial charge in [0.1, 0.15) is 0 Å². The van der Waals surface area contributed by atoms with E-state index in [1.54, 1.807) is 0 Å². The number of nitrogens with one attached hydrogen (secondary N) is 1. The second-order valence-corrected chi connectivity index (χ2v) is 5.14. The molecule has 0 bridgehead atoms. The maximum Gasteiger partial charge on any atom is 0.416 e. The Balaban J connectivity index is 2.04. The number of alkyl halides is 6. The predicted molar refractivity (Wildman–Crippen MR) is 76.2 cm³/mol. The van der Waals surface area contributed by atoms with E-state index < -0.39 is 30.6 Å². The van der Waals surface area contributed by atoms with E-state index in [1.165, 1.54) is 24.4 Å². The minimum absolute atomic E-state index is 0.0662. The van der Waals surface area contributed by atoms with E-state index >= 15 is 0 Å². The minimum atomic E-state index is -4.72. The molecule has 0 saturated heterocycles. The second kappa shape index (κ2) is 7.36. The first-order valence-electron chi connectivity index (χ1n) is 7.02. The highest BCUT2D eigenvalue weighted by Gasteiger charge is 2.37. The van der Waals surface area contributed by atoms with Gasteiger partial charge in [0.2, 0.25) is 0 Å². The van der Waals surface area contributed by atoms with Crippen molar-refractivity contribution < 1.29 is 31.4 Å². The lowest BCUT2D eigenvalue weighted by Gasteiger charge is -2.14. The van der Waals surface area contributed by atoms with Crippen LogP contribution in [0.2, 0.25) is 0 Å². The third-order valence-corrected chi connectivity index (χ3v) is 3.21. The summed E-state index contributed by atoms with van der Waals surface area (Å²) in [5, 5.41) is 11.3. The Kier molecular flexibility index (Phi) is 5.63. The van der Waals surface area contributed by atoms with Gasteiger partial charge in [-0.3, -0.25) is 0 Å². The number of benzene rings is 1. The Morgan fingerprint density at radius 1 is 1.00 bits per heavy atom. The fourth-order valence-electron chi connectivity index (χ4n) is 1.89. The summed E-state index contributed by atoms with van der Waals surface area (Å²) >= 11 is 0. The average molecular weight is 365 g/mol. The van der Waals surface area contributed by atoms with Gasteiger partial charge in [-0.2, -0.15) is 26.3 Å². The van der Waals surface area contributed by atoms with E-state index in [1.807, 2.05) is 0 Å². The Hall–Kier alpha value is -2.20. The quantitative estimate of drug-likeness (QED) is 0.800. The number of aliphatic hydroxyl groups is 1. The van der Waals surface area contributed by atoms with Gasteiger partial charge in [-0.05, 0) is 18.2 Å². The molecule has 0 fully saturated rings. The summed E-state index contributed by atoms with van der Waals surface area (Å²) in [4.78, 5) is 8.01. The summed E-state index contributed by atoms with van der Waals surface area (Å²) in [5.41, 5.74) is -0.139. The van der Waals surface area contributed by atoms with Gasteiger partial charge in [-0.25, -0.2) is 9.97 Å². The lowest BCUT2D eigenvalue weighted by atomic mass is 10.1. The monoisotopic (exact) mass is 365 g/mol. The van der Waals surface area contributed by atoms with Crippen molar-refractivity contribution in [2.45, 2.75) is 25.0 Å². The summed E-state index contributed by atoms with van der Waals surface area (Å²) in [6.07, 6.45) is -10.3. The highest BCUT2D eigenvalue weighted by Crippen LogP contribution is 2.30. The van der Waals surface area contributed by atoms with Crippen LogP contribution in [0.4, 0.5) is 26.3 Å². The van der Waals surface area contributed by atoms with Gasteiger partial charge in [0.15, 0.2) is 11.9 Å². The summed E-state index contributed by atoms with van der Waals surface area (Å²) in [5.74, 6) is 0.143. The molecule has 2 N–H and O–H groups in total. The van der Waals surface area contributed by atoms with Crippen molar-refractivity contribution in [1.82, 2.24) is 15.3 Å². The highest BCUT2D eigenvalue weighted by atomic mass is 19.4. The largest absolute Gasteiger partial charge is 0.416 e. The molecule has 10 heteroatoms. The Morgan fingerprint density at radius 2 is 1.64 bits per heavy atom. The molecule has 1 atom stereocenters. The van der Waals surface area contributed by atoms with Gasteiger partial charge < -0.3 is 10.4 Å². The fraction of sp³-hybridized carbons (Fsp3) is 0.333. The molecular weight excluding hydrogens is 352 g/mol. The predicted octanol–water partition coefficient (Wildman–Crippen LogP) is 3.18. The van der Waals surface area contributed by atoms with Crippen LogP contribution in [-0.2, 0) is 12.7 Å². The van der Waals surface area contributed by atoms with Crippen LogP contribution in [0.25, 0.3) is 11.4 Å². The normalized spacial score (nSPS) is 13.7. The Labute approximate surface area is 138 Å². The maximum atomic E-state index is 12.5. The van der Waals surface area contributed by atoms with Gasteiger partial charge in [-0.15, -0.1) is 0 Å². The molecule has 0 amide bonds. The minimum Gasteiger partial charge on any atom is -0.382 e. The molecule has 25 heavy (non-hydrogen) atoms. The first kappa shape index (κ1) is 19.1. The maximum absolute atomic E-state index is 12.5. The van der Waals surface area contributed by atoms with Crippen molar-refractivity contribution in [2.75, 3.05) is 6.54 Å². The molecule has 0 spiro atoms. The van der Waals surface area contributed by atoms with Crippen molar-refractivity contribution >= 4 is 0 Å². The van der Waals surface area contributed by atoms with E-state index in [2.05, 4.69) is 15.3 Å². The first-order chi connectivity index (χ1) is 11.6. The number of aliphatic hydroxyl groups excluding tert-OH is 1. The van der Waals surface area contributed by atoms with Gasteiger partial charge in [0.05, 0.1) is 11.3 Å². The molecule has 1 aromatic carbocycles. The second-order valence-electron chi connectivity index (χ2n) is 5.14. The van der Waals surface area contributed by atoms with Gasteiger partial charge >= 0.3 is 12.4 Å². The van der Waals surface area contributed by atoms with E-state index in [4.69, 9.17) is 5.11 Å². The summed E-state index contributed by atoms with van der Waals surface area (Å²) in [6, 6.07) is 5.65. The van der Waals surface area contributed by atoms with Crippen molar-refractivity contribution in [3.8, 4) is 11.4 Å². The molecular formula is C15H13F6N3O. The van der Waals surface area contributed by atoms with E-state index in [-0.39, 0.29) is 12.4 Å². The molecule has 0 aliphatic rings. The Morgan fingerprint density at radius 3 is 2.20 bits per heavy atom. The molecule has 0 saturated carbocycles. The van der Waals surface area contributed by atoms with Crippen LogP contribution < -0.4 is 5.32 Å². The molecule has 136 valence electrons. The van der Waals surface area contributed by atoms with E-state index in [0.717, 1.165) is 12.1 Å². The molecule has 2 rings (SSSR count). The molecule has 2 aromatic rings. The third kappa shape index (κ3) is 5.40. The van der Waals surface area contributed by atoms with Crippen molar-refractivity contribution in [3.63, 3.8) is 0 Å². The lowest BCUT2D eigenvalue weighted by Crippen LogP contribution is -2.38. The van der Waals surface area contributed by atoms with Gasteiger partial charge in [0.25, 0.3) is 0 Å². The molecule has 4 nitrogen and oxygen atoms in total. The van der Waals surface area contributed by atoms with Crippen LogP contribution in [0.5, 0.6) is 0 Å². The standard InChI is InChI=1S/C15H13F6N3O/c16-14(17,18)10-3-1-9(2-4-10)13-23-6-5-11(24-13)7-22-8-12(25)15(19,20)21/h1-6,12,22,25H,7-8H2.